The highest BCUT2D eigenvalue weighted by Gasteiger charge is 2.66. The van der Waals surface area contributed by atoms with Crippen LogP contribution in [-0.2, 0) is 10.4 Å². The zero-order chi connectivity index (χ0) is 15.7. The normalized spacial score (nSPS) is 21.4. The lowest BCUT2D eigenvalue weighted by atomic mass is 9.93. The molecule has 0 aliphatic carbocycles. The summed E-state index contributed by atoms with van der Waals surface area (Å²) in [7, 11) is 0. The number of fused-ring (bicyclic) bond motifs is 4. The van der Waals surface area contributed by atoms with E-state index in [1.807, 2.05) is 0 Å². The Labute approximate surface area is 120 Å². The van der Waals surface area contributed by atoms with E-state index in [1.165, 1.54) is 6.07 Å². The third-order valence-electron chi connectivity index (χ3n) is 3.78. The number of carbonyl (C=O) groups is 1. The number of halogens is 3. The quantitative estimate of drug-likeness (QED) is 0.511. The van der Waals surface area contributed by atoms with Crippen molar-refractivity contribution in [2.45, 2.75) is 11.8 Å². The van der Waals surface area contributed by atoms with E-state index in [9.17, 15) is 23.1 Å². The topological polar surface area (TPSA) is 59.7 Å². The van der Waals surface area contributed by atoms with E-state index in [4.69, 9.17) is 4.42 Å². The first kappa shape index (κ1) is 13.1. The number of benzene rings is 2. The molecule has 0 saturated heterocycles. The van der Waals surface area contributed by atoms with Gasteiger partial charge in [0.15, 0.2) is 0 Å². The predicted octanol–water partition coefficient (Wildman–Crippen LogP) is 3.25. The summed E-state index contributed by atoms with van der Waals surface area (Å²) < 4.78 is 49.5. The van der Waals surface area contributed by atoms with Crippen LogP contribution in [0.15, 0.2) is 40.8 Å². The second-order valence-corrected chi connectivity index (χ2v) is 5.04. The second kappa shape index (κ2) is 3.80. The third kappa shape index (κ3) is 1.43. The molecule has 112 valence electrons. The first-order valence-corrected chi connectivity index (χ1v) is 6.29. The lowest BCUT2D eigenvalue weighted by Crippen LogP contribution is -2.47. The number of aliphatic hydroxyl groups is 1. The second-order valence-electron chi connectivity index (χ2n) is 5.04. The van der Waals surface area contributed by atoms with E-state index < -0.39 is 23.3 Å². The van der Waals surface area contributed by atoms with Crippen molar-refractivity contribution < 1.29 is 32.2 Å². The van der Waals surface area contributed by atoms with Gasteiger partial charge < -0.3 is 14.3 Å². The zero-order valence-electron chi connectivity index (χ0n) is 10.8. The minimum atomic E-state index is -5.18. The van der Waals surface area contributed by atoms with Crippen LogP contribution in [0.1, 0.15) is 5.56 Å². The fourth-order valence-electron chi connectivity index (χ4n) is 2.67. The van der Waals surface area contributed by atoms with Crippen molar-refractivity contribution in [3.8, 4) is 5.75 Å². The van der Waals surface area contributed by atoms with Gasteiger partial charge in [0, 0.05) is 22.4 Å². The Morgan fingerprint density at radius 1 is 1.05 bits per heavy atom. The van der Waals surface area contributed by atoms with E-state index in [2.05, 4.69) is 4.74 Å². The standard InChI is InChI=1S/C15H7F3O4/c16-15(17,18)14(20)9-5-8-7-3-1-2-4-10(7)21-11(8)6-12(9)22-13(14)19/h1-6,20H/t14-/m0/s1. The Morgan fingerprint density at radius 3 is 2.50 bits per heavy atom. The highest BCUT2D eigenvalue weighted by Crippen LogP contribution is 2.50. The summed E-state index contributed by atoms with van der Waals surface area (Å²) in [6.45, 7) is 0. The molecule has 4 nitrogen and oxygen atoms in total. The average molecular weight is 308 g/mol. The molecule has 0 spiro atoms. The number of furan rings is 1. The largest absolute Gasteiger partial charge is 0.456 e. The van der Waals surface area contributed by atoms with Gasteiger partial charge in [-0.2, -0.15) is 13.2 Å². The van der Waals surface area contributed by atoms with E-state index in [0.717, 1.165) is 6.07 Å². The van der Waals surface area contributed by atoms with Crippen LogP contribution >= 0.6 is 0 Å². The van der Waals surface area contributed by atoms with Crippen LogP contribution in [0, 0.1) is 0 Å². The minimum absolute atomic E-state index is 0.277. The predicted molar refractivity (Wildman–Crippen MR) is 69.3 cm³/mol. The van der Waals surface area contributed by atoms with Crippen LogP contribution in [0.25, 0.3) is 21.9 Å². The molecule has 1 aromatic heterocycles. The highest BCUT2D eigenvalue weighted by atomic mass is 19.4. The van der Waals surface area contributed by atoms with Crippen LogP contribution in [0.3, 0.4) is 0 Å². The molecule has 1 atom stereocenters. The number of carbonyl (C=O) groups excluding carboxylic acids is 1. The molecule has 0 bridgehead atoms. The minimum Gasteiger partial charge on any atom is -0.456 e. The molecule has 22 heavy (non-hydrogen) atoms. The molecule has 1 aliphatic heterocycles. The molecule has 0 saturated carbocycles. The van der Waals surface area contributed by atoms with Gasteiger partial charge in [-0.1, -0.05) is 18.2 Å². The van der Waals surface area contributed by atoms with Crippen LogP contribution in [0.4, 0.5) is 13.2 Å². The number of para-hydroxylation sites is 1. The first-order chi connectivity index (χ1) is 10.3. The van der Waals surface area contributed by atoms with E-state index in [0.29, 0.717) is 16.4 Å². The first-order valence-electron chi connectivity index (χ1n) is 6.29. The number of rotatable bonds is 0. The van der Waals surface area contributed by atoms with Gasteiger partial charge in [-0.05, 0) is 12.1 Å². The van der Waals surface area contributed by atoms with Gasteiger partial charge in [-0.15, -0.1) is 0 Å². The fraction of sp³-hybridized carbons (Fsp3) is 0.133. The van der Waals surface area contributed by atoms with Gasteiger partial charge in [0.25, 0.3) is 5.60 Å². The van der Waals surface area contributed by atoms with Crippen molar-refractivity contribution in [1.82, 2.24) is 0 Å². The van der Waals surface area contributed by atoms with Crippen molar-refractivity contribution in [2.24, 2.45) is 0 Å². The van der Waals surface area contributed by atoms with Crippen molar-refractivity contribution >= 4 is 27.9 Å². The Hall–Kier alpha value is -2.54. The number of hydrogen-bond donors (Lipinski definition) is 1. The summed E-state index contributed by atoms with van der Waals surface area (Å²) in [6.07, 6.45) is -5.18. The molecule has 1 N–H and O–H groups in total. The molecule has 0 unspecified atom stereocenters. The summed E-state index contributed by atoms with van der Waals surface area (Å²) >= 11 is 0. The molecule has 0 amide bonds. The fourth-order valence-corrected chi connectivity index (χ4v) is 2.67. The van der Waals surface area contributed by atoms with Crippen molar-refractivity contribution in [3.63, 3.8) is 0 Å². The lowest BCUT2D eigenvalue weighted by molar-refractivity contribution is -0.258. The summed E-state index contributed by atoms with van der Waals surface area (Å²) in [5.41, 5.74) is -3.51. The Kier molecular flexibility index (Phi) is 2.27. The van der Waals surface area contributed by atoms with Gasteiger partial charge in [0.05, 0.1) is 0 Å². The Bertz CT molecular complexity index is 941. The number of hydrogen-bond acceptors (Lipinski definition) is 4. The maximum absolute atomic E-state index is 13.1. The Balaban J connectivity index is 2.08. The Morgan fingerprint density at radius 2 is 1.77 bits per heavy atom. The van der Waals surface area contributed by atoms with Crippen LogP contribution in [0.2, 0.25) is 0 Å². The SMILES string of the molecule is O=C1Oc2cc3oc4ccccc4c3cc2[C@@]1(O)C(F)(F)F. The molecule has 2 aromatic carbocycles. The van der Waals surface area contributed by atoms with Gasteiger partial charge >= 0.3 is 12.1 Å². The van der Waals surface area contributed by atoms with Gasteiger partial charge in [0.2, 0.25) is 0 Å². The molecule has 3 aromatic rings. The van der Waals surface area contributed by atoms with Gasteiger partial charge in [-0.25, -0.2) is 4.79 Å². The molecule has 0 radical (unpaired) electrons. The van der Waals surface area contributed by atoms with Crippen molar-refractivity contribution in [1.29, 1.82) is 0 Å². The lowest BCUT2D eigenvalue weighted by Gasteiger charge is -2.22. The van der Waals surface area contributed by atoms with Crippen molar-refractivity contribution in [3.05, 3.63) is 42.0 Å². The number of alkyl halides is 3. The number of esters is 1. The van der Waals surface area contributed by atoms with E-state index in [-0.39, 0.29) is 11.3 Å². The molecular formula is C15H7F3O4. The third-order valence-corrected chi connectivity index (χ3v) is 3.78. The summed E-state index contributed by atoms with van der Waals surface area (Å²) in [4.78, 5) is 11.5. The van der Waals surface area contributed by atoms with Crippen LogP contribution < -0.4 is 4.74 Å². The van der Waals surface area contributed by atoms with Crippen molar-refractivity contribution in [2.75, 3.05) is 0 Å². The zero-order valence-corrected chi connectivity index (χ0v) is 10.8. The number of ether oxygens (including phenoxy) is 1. The molecule has 0 fully saturated rings. The van der Waals surface area contributed by atoms with E-state index >= 15 is 0 Å². The highest BCUT2D eigenvalue weighted by molar-refractivity contribution is 6.07. The van der Waals surface area contributed by atoms with Crippen LogP contribution in [0.5, 0.6) is 5.75 Å². The maximum Gasteiger partial charge on any atom is 0.432 e. The maximum atomic E-state index is 13.1. The van der Waals surface area contributed by atoms with Crippen LogP contribution in [-0.4, -0.2) is 17.3 Å². The smallest absolute Gasteiger partial charge is 0.432 e. The summed E-state index contributed by atoms with van der Waals surface area (Å²) in [5.74, 6) is -2.11. The summed E-state index contributed by atoms with van der Waals surface area (Å²) in [6, 6.07) is 9.06. The van der Waals surface area contributed by atoms with E-state index in [1.54, 1.807) is 24.3 Å². The monoisotopic (exact) mass is 308 g/mol. The molecular weight excluding hydrogens is 301 g/mol. The molecule has 2 heterocycles. The average Bonchev–Trinajstić information content (AvgIpc) is 2.93. The van der Waals surface area contributed by atoms with Gasteiger partial charge in [0.1, 0.15) is 16.9 Å². The molecule has 7 heteroatoms. The molecule has 4 rings (SSSR count). The molecule has 1 aliphatic rings. The van der Waals surface area contributed by atoms with Gasteiger partial charge in [-0.3, -0.25) is 0 Å². The summed E-state index contributed by atoms with van der Waals surface area (Å²) in [5, 5.41) is 10.8.